The maximum atomic E-state index is 5.01. The molecular weight excluding hydrogens is 428 g/mol. The molecule has 2 heterocycles. The summed E-state index contributed by atoms with van der Waals surface area (Å²) >= 11 is 0. The molecule has 0 saturated heterocycles. The third kappa shape index (κ3) is 3.61. The number of hydrogen-bond acceptors (Lipinski definition) is 4. The molecule has 1 aliphatic carbocycles. The molecule has 35 heavy (non-hydrogen) atoms. The average molecular weight is 455 g/mol. The fourth-order valence-electron chi connectivity index (χ4n) is 5.09. The Hall–Kier alpha value is -4.23. The molecule has 0 spiro atoms. The molecule has 4 nitrogen and oxygen atoms in total. The maximum absolute atomic E-state index is 5.01. The van der Waals surface area contributed by atoms with Crippen LogP contribution in [0.15, 0.2) is 96.2 Å². The van der Waals surface area contributed by atoms with E-state index < -0.39 is 0 Å². The summed E-state index contributed by atoms with van der Waals surface area (Å²) in [7, 11) is 0. The van der Waals surface area contributed by atoms with Crippen LogP contribution in [0.25, 0.3) is 22.8 Å². The molecular formula is C31H26N4. The third-order valence-electron chi connectivity index (χ3n) is 6.98. The van der Waals surface area contributed by atoms with Crippen LogP contribution in [0.1, 0.15) is 32.8 Å². The second kappa shape index (κ2) is 8.21. The van der Waals surface area contributed by atoms with Gasteiger partial charge in [0.2, 0.25) is 5.95 Å². The van der Waals surface area contributed by atoms with Crippen LogP contribution in [-0.2, 0) is 5.41 Å². The molecule has 0 bridgehead atoms. The molecule has 4 heteroatoms. The number of benzene rings is 2. The molecule has 0 saturated carbocycles. The fourth-order valence-corrected chi connectivity index (χ4v) is 5.09. The van der Waals surface area contributed by atoms with E-state index in [1.165, 1.54) is 11.1 Å². The van der Waals surface area contributed by atoms with Gasteiger partial charge in [-0.05, 0) is 47.8 Å². The van der Waals surface area contributed by atoms with Gasteiger partial charge in [0.15, 0.2) is 11.6 Å². The molecule has 1 aromatic heterocycles. The zero-order chi connectivity index (χ0) is 24.0. The van der Waals surface area contributed by atoms with Crippen molar-refractivity contribution in [3.05, 3.63) is 114 Å². The van der Waals surface area contributed by atoms with Crippen LogP contribution in [0.3, 0.4) is 0 Å². The van der Waals surface area contributed by atoms with E-state index in [1.54, 1.807) is 0 Å². The highest BCUT2D eigenvalue weighted by atomic mass is 15.3. The molecule has 6 rings (SSSR count). The van der Waals surface area contributed by atoms with E-state index in [-0.39, 0.29) is 5.41 Å². The molecule has 1 aliphatic heterocycles. The zero-order valence-electron chi connectivity index (χ0n) is 20.2. The first-order chi connectivity index (χ1) is 17.0. The first-order valence-electron chi connectivity index (χ1n) is 12.0. The van der Waals surface area contributed by atoms with Crippen molar-refractivity contribution in [2.75, 3.05) is 4.90 Å². The summed E-state index contributed by atoms with van der Waals surface area (Å²) in [5, 5.41) is 0. The van der Waals surface area contributed by atoms with Crippen LogP contribution in [-0.4, -0.2) is 15.0 Å². The van der Waals surface area contributed by atoms with E-state index in [9.17, 15) is 0 Å². The standard InChI is InChI=1S/C31H26N4/c1-21-18-19-27-25(20-21)31(2,3)24-16-10-11-17-26(24)35(27)30-33-28(22-12-6-4-7-13-22)32-29(34-30)23-14-8-5-9-15-23/h4-10,12-16,18-19,21H,20H2,1-3H3. The Labute approximate surface area is 206 Å². The smallest absolute Gasteiger partial charge is 0.239 e. The predicted octanol–water partition coefficient (Wildman–Crippen LogP) is 7.09. The minimum atomic E-state index is -0.122. The number of fused-ring (bicyclic) bond motifs is 1. The second-order valence-corrected chi connectivity index (χ2v) is 9.74. The van der Waals surface area contributed by atoms with E-state index in [0.29, 0.717) is 23.5 Å². The monoisotopic (exact) mass is 454 g/mol. The first kappa shape index (κ1) is 21.3. The van der Waals surface area contributed by atoms with Gasteiger partial charge in [-0.1, -0.05) is 93.6 Å². The Morgan fingerprint density at radius 3 is 2.11 bits per heavy atom. The highest BCUT2D eigenvalue weighted by Crippen LogP contribution is 2.50. The van der Waals surface area contributed by atoms with Gasteiger partial charge in [-0.25, -0.2) is 4.98 Å². The van der Waals surface area contributed by atoms with Crippen molar-refractivity contribution in [3.8, 4) is 22.8 Å². The SMILES string of the molecule is CC1C=CC2=C(C1)C(C)(C)c1ccc#cc1N2c1nc(-c2ccccc2)nc(-c2ccccc2)n1. The van der Waals surface area contributed by atoms with E-state index >= 15 is 0 Å². The second-order valence-electron chi connectivity index (χ2n) is 9.74. The molecule has 170 valence electrons. The summed E-state index contributed by atoms with van der Waals surface area (Å²) in [6.45, 7) is 6.87. The van der Waals surface area contributed by atoms with Gasteiger partial charge in [0.05, 0.1) is 0 Å². The highest BCUT2D eigenvalue weighted by Gasteiger charge is 2.40. The largest absolute Gasteiger partial charge is 0.271 e. The van der Waals surface area contributed by atoms with Crippen LogP contribution in [0.5, 0.6) is 0 Å². The van der Waals surface area contributed by atoms with Gasteiger partial charge in [0, 0.05) is 22.2 Å². The Balaban J connectivity index is 1.62. The lowest BCUT2D eigenvalue weighted by Crippen LogP contribution is -2.36. The van der Waals surface area contributed by atoms with Gasteiger partial charge in [-0.3, -0.25) is 4.90 Å². The molecule has 2 aliphatic rings. The number of aromatic nitrogens is 3. The lowest BCUT2D eigenvalue weighted by molar-refractivity contribution is 0.532. The van der Waals surface area contributed by atoms with E-state index in [2.05, 4.69) is 56.0 Å². The summed E-state index contributed by atoms with van der Waals surface area (Å²) in [4.78, 5) is 17.0. The Morgan fingerprint density at radius 2 is 1.49 bits per heavy atom. The predicted molar refractivity (Wildman–Crippen MR) is 140 cm³/mol. The maximum Gasteiger partial charge on any atom is 0.239 e. The Bertz CT molecular complexity index is 1390. The minimum absolute atomic E-state index is 0.122. The number of hydrogen-bond donors (Lipinski definition) is 0. The van der Waals surface area contributed by atoms with Crippen molar-refractivity contribution >= 4 is 11.6 Å². The third-order valence-corrected chi connectivity index (χ3v) is 6.98. The van der Waals surface area contributed by atoms with Crippen molar-refractivity contribution < 1.29 is 0 Å². The summed E-state index contributed by atoms with van der Waals surface area (Å²) in [6, 6.07) is 30.8. The van der Waals surface area contributed by atoms with Gasteiger partial charge in [0.1, 0.15) is 5.69 Å². The minimum Gasteiger partial charge on any atom is -0.271 e. The molecule has 0 radical (unpaired) electrons. The van der Waals surface area contributed by atoms with Crippen molar-refractivity contribution in [3.63, 3.8) is 0 Å². The zero-order valence-corrected chi connectivity index (χ0v) is 20.2. The van der Waals surface area contributed by atoms with Crippen LogP contribution < -0.4 is 4.90 Å². The lowest BCUT2D eigenvalue weighted by atomic mass is 9.69. The van der Waals surface area contributed by atoms with Crippen molar-refractivity contribution in [2.24, 2.45) is 5.92 Å². The van der Waals surface area contributed by atoms with E-state index in [4.69, 9.17) is 15.0 Å². The number of anilines is 2. The Kier molecular flexibility index (Phi) is 5.00. The van der Waals surface area contributed by atoms with Crippen LogP contribution >= 0.6 is 0 Å². The van der Waals surface area contributed by atoms with Gasteiger partial charge >= 0.3 is 0 Å². The van der Waals surface area contributed by atoms with E-state index in [1.807, 2.05) is 66.7 Å². The van der Waals surface area contributed by atoms with Gasteiger partial charge < -0.3 is 0 Å². The normalized spacial score (nSPS) is 18.0. The number of allylic oxidation sites excluding steroid dienone is 3. The summed E-state index contributed by atoms with van der Waals surface area (Å²) in [6.07, 6.45) is 5.50. The lowest BCUT2D eigenvalue weighted by Gasteiger charge is -2.43. The summed E-state index contributed by atoms with van der Waals surface area (Å²) in [5.41, 5.74) is 6.46. The first-order valence-corrected chi connectivity index (χ1v) is 12.0. The molecule has 1 atom stereocenters. The van der Waals surface area contributed by atoms with Crippen LogP contribution in [0, 0.1) is 18.1 Å². The van der Waals surface area contributed by atoms with Gasteiger partial charge in [-0.2, -0.15) is 9.97 Å². The van der Waals surface area contributed by atoms with Crippen molar-refractivity contribution in [2.45, 2.75) is 32.6 Å². The van der Waals surface area contributed by atoms with Crippen molar-refractivity contribution in [1.82, 2.24) is 15.0 Å². The van der Waals surface area contributed by atoms with Crippen LogP contribution in [0.4, 0.5) is 11.6 Å². The topological polar surface area (TPSA) is 41.9 Å². The van der Waals surface area contributed by atoms with Crippen LogP contribution in [0.2, 0.25) is 0 Å². The summed E-state index contributed by atoms with van der Waals surface area (Å²) < 4.78 is 0. The molecule has 0 N–H and O–H groups in total. The highest BCUT2D eigenvalue weighted by molar-refractivity contribution is 5.76. The number of nitrogens with zero attached hydrogens (tertiary/aromatic N) is 4. The van der Waals surface area contributed by atoms with Crippen molar-refractivity contribution in [1.29, 1.82) is 0 Å². The average Bonchev–Trinajstić information content (AvgIpc) is 2.90. The van der Waals surface area contributed by atoms with E-state index in [0.717, 1.165) is 28.9 Å². The molecule has 0 amide bonds. The fraction of sp³-hybridized carbons (Fsp3) is 0.194. The Morgan fingerprint density at radius 1 is 0.857 bits per heavy atom. The molecule has 4 aromatic rings. The van der Waals surface area contributed by atoms with Gasteiger partial charge in [-0.15, -0.1) is 0 Å². The number of rotatable bonds is 3. The van der Waals surface area contributed by atoms with Gasteiger partial charge in [0.25, 0.3) is 0 Å². The quantitative estimate of drug-likeness (QED) is 0.331. The molecule has 3 aromatic carbocycles. The summed E-state index contributed by atoms with van der Waals surface area (Å²) in [5.74, 6) is 2.37. The molecule has 0 fully saturated rings. The molecule has 1 unspecified atom stereocenters.